The van der Waals surface area contributed by atoms with Gasteiger partial charge >= 0.3 is 5.69 Å². The van der Waals surface area contributed by atoms with E-state index in [9.17, 15) is 20.2 Å². The van der Waals surface area contributed by atoms with Crippen LogP contribution in [0.4, 0.5) is 17.1 Å². The zero-order chi connectivity index (χ0) is 20.6. The fourth-order valence-electron chi connectivity index (χ4n) is 2.06. The Labute approximate surface area is 159 Å². The second-order valence-electron chi connectivity index (χ2n) is 7.29. The second kappa shape index (κ2) is 9.61. The smallest absolute Gasteiger partial charge is 0.272 e. The molecule has 0 bridgehead atoms. The van der Waals surface area contributed by atoms with Crippen LogP contribution in [-0.2, 0) is 0 Å². The zero-order valence-electron chi connectivity index (χ0n) is 16.4. The minimum Gasteiger partial charge on any atom is -0.272 e. The Bertz CT molecular complexity index is 789. The van der Waals surface area contributed by atoms with E-state index in [-0.39, 0.29) is 16.8 Å². The highest BCUT2D eigenvalue weighted by Crippen LogP contribution is 2.29. The minimum atomic E-state index is -0.685. The molecule has 0 saturated carbocycles. The molecule has 27 heavy (non-hydrogen) atoms. The first-order chi connectivity index (χ1) is 12.5. The van der Waals surface area contributed by atoms with Crippen molar-refractivity contribution < 1.29 is 9.85 Å². The highest BCUT2D eigenvalue weighted by Gasteiger charge is 2.19. The molecule has 0 aromatic heterocycles. The first kappa shape index (κ1) is 22.0. The van der Waals surface area contributed by atoms with Crippen LogP contribution in [0, 0.1) is 25.6 Å². The largest absolute Gasteiger partial charge is 0.301 e. The Hall–Kier alpha value is -3.03. The molecule has 0 atom stereocenters. The maximum Gasteiger partial charge on any atom is 0.301 e. The quantitative estimate of drug-likeness (QED) is 0.275. The van der Waals surface area contributed by atoms with Crippen LogP contribution in [0.3, 0.4) is 0 Å². The summed E-state index contributed by atoms with van der Waals surface area (Å²) in [6.45, 7) is 10.6. The van der Waals surface area contributed by atoms with E-state index in [1.165, 1.54) is 23.9 Å². The fraction of sp³-hybridized carbons (Fsp3) is 0.421. The standard InChI is InChI=1S/C19H26N4O4/c1-14(7-6-8-15(2)19(3,4)5)11-12-20-21-17-10-9-16(22(24)25)13-18(17)23(26)27/h8-13,21H,6-7H2,1-5H3/b14-11+,15-8+,20-12-. The van der Waals surface area contributed by atoms with Gasteiger partial charge in [-0.3, -0.25) is 25.7 Å². The van der Waals surface area contributed by atoms with Gasteiger partial charge in [-0.05, 0) is 44.2 Å². The van der Waals surface area contributed by atoms with Gasteiger partial charge in [0.1, 0.15) is 5.69 Å². The maximum absolute atomic E-state index is 11.1. The average Bonchev–Trinajstić information content (AvgIpc) is 2.57. The van der Waals surface area contributed by atoms with Gasteiger partial charge in [-0.1, -0.05) is 38.0 Å². The molecule has 0 fully saturated rings. The molecular formula is C19H26N4O4. The van der Waals surface area contributed by atoms with Crippen molar-refractivity contribution in [3.05, 3.63) is 61.7 Å². The van der Waals surface area contributed by atoms with Gasteiger partial charge < -0.3 is 0 Å². The summed E-state index contributed by atoms with van der Waals surface area (Å²) in [6, 6.07) is 3.36. The monoisotopic (exact) mass is 374 g/mol. The highest BCUT2D eigenvalue weighted by molar-refractivity contribution is 5.74. The van der Waals surface area contributed by atoms with E-state index in [0.29, 0.717) is 0 Å². The lowest BCUT2D eigenvalue weighted by molar-refractivity contribution is -0.393. The number of nitrogens with zero attached hydrogens (tertiary/aromatic N) is 3. The van der Waals surface area contributed by atoms with Crippen LogP contribution in [0.25, 0.3) is 0 Å². The zero-order valence-corrected chi connectivity index (χ0v) is 16.4. The van der Waals surface area contributed by atoms with Crippen molar-refractivity contribution in [2.75, 3.05) is 5.43 Å². The van der Waals surface area contributed by atoms with Crippen LogP contribution in [0.15, 0.2) is 46.6 Å². The maximum atomic E-state index is 11.1. The first-order valence-corrected chi connectivity index (χ1v) is 8.57. The normalized spacial score (nSPS) is 13.1. The number of hydrazone groups is 1. The van der Waals surface area contributed by atoms with Crippen molar-refractivity contribution in [3.8, 4) is 0 Å². The summed E-state index contributed by atoms with van der Waals surface area (Å²) in [7, 11) is 0. The molecule has 0 amide bonds. The molecule has 0 heterocycles. The molecule has 0 spiro atoms. The number of benzene rings is 1. The van der Waals surface area contributed by atoms with E-state index in [2.05, 4.69) is 44.3 Å². The van der Waals surface area contributed by atoms with Crippen molar-refractivity contribution in [3.63, 3.8) is 0 Å². The molecule has 0 radical (unpaired) electrons. The molecule has 8 heteroatoms. The highest BCUT2D eigenvalue weighted by atomic mass is 16.6. The molecule has 1 aromatic rings. The summed E-state index contributed by atoms with van der Waals surface area (Å²) in [6.07, 6.45) is 7.38. The number of rotatable bonds is 8. The second-order valence-corrected chi connectivity index (χ2v) is 7.29. The van der Waals surface area contributed by atoms with Crippen molar-refractivity contribution in [2.24, 2.45) is 10.5 Å². The van der Waals surface area contributed by atoms with Crippen LogP contribution in [-0.4, -0.2) is 16.1 Å². The van der Waals surface area contributed by atoms with Crippen molar-refractivity contribution in [1.29, 1.82) is 0 Å². The van der Waals surface area contributed by atoms with Gasteiger partial charge in [0.05, 0.1) is 15.9 Å². The summed E-state index contributed by atoms with van der Waals surface area (Å²) >= 11 is 0. The van der Waals surface area contributed by atoms with E-state index in [0.717, 1.165) is 24.5 Å². The van der Waals surface area contributed by atoms with Gasteiger partial charge in [-0.15, -0.1) is 0 Å². The lowest BCUT2D eigenvalue weighted by atomic mass is 9.87. The Kier molecular flexibility index (Phi) is 7.83. The first-order valence-electron chi connectivity index (χ1n) is 8.57. The van der Waals surface area contributed by atoms with Crippen LogP contribution in [0.5, 0.6) is 0 Å². The predicted octanol–water partition coefficient (Wildman–Crippen LogP) is 5.62. The minimum absolute atomic E-state index is 0.0941. The summed E-state index contributed by atoms with van der Waals surface area (Å²) in [5.41, 5.74) is 4.55. The fourth-order valence-corrected chi connectivity index (χ4v) is 2.06. The lowest BCUT2D eigenvalue weighted by Gasteiger charge is -2.19. The Morgan fingerprint density at radius 2 is 1.85 bits per heavy atom. The summed E-state index contributed by atoms with van der Waals surface area (Å²) in [4.78, 5) is 20.4. The Morgan fingerprint density at radius 3 is 2.41 bits per heavy atom. The van der Waals surface area contributed by atoms with E-state index in [1.54, 1.807) is 0 Å². The number of nitro groups is 2. The van der Waals surface area contributed by atoms with Crippen LogP contribution >= 0.6 is 0 Å². The third-order valence-electron chi connectivity index (χ3n) is 4.18. The molecule has 0 unspecified atom stereocenters. The molecule has 1 aromatic carbocycles. The van der Waals surface area contributed by atoms with Crippen molar-refractivity contribution in [1.82, 2.24) is 0 Å². The molecule has 8 nitrogen and oxygen atoms in total. The van der Waals surface area contributed by atoms with E-state index in [4.69, 9.17) is 0 Å². The van der Waals surface area contributed by atoms with Gasteiger partial charge in [0.25, 0.3) is 5.69 Å². The molecule has 0 aliphatic rings. The van der Waals surface area contributed by atoms with Crippen LogP contribution in [0.2, 0.25) is 0 Å². The number of nitro benzene ring substituents is 2. The topological polar surface area (TPSA) is 111 Å². The van der Waals surface area contributed by atoms with E-state index in [1.807, 2.05) is 13.0 Å². The predicted molar refractivity (Wildman–Crippen MR) is 108 cm³/mol. The molecule has 146 valence electrons. The van der Waals surface area contributed by atoms with E-state index < -0.39 is 15.5 Å². The average molecular weight is 374 g/mol. The number of anilines is 1. The molecule has 0 saturated heterocycles. The van der Waals surface area contributed by atoms with Gasteiger partial charge in [-0.25, -0.2) is 0 Å². The third kappa shape index (κ3) is 7.39. The summed E-state index contributed by atoms with van der Waals surface area (Å²) in [5.74, 6) is 0. The summed E-state index contributed by atoms with van der Waals surface area (Å²) < 4.78 is 0. The number of hydrogen-bond donors (Lipinski definition) is 1. The summed E-state index contributed by atoms with van der Waals surface area (Å²) in [5, 5.41) is 25.7. The van der Waals surface area contributed by atoms with Crippen molar-refractivity contribution >= 4 is 23.3 Å². The van der Waals surface area contributed by atoms with Crippen LogP contribution in [0.1, 0.15) is 47.5 Å². The molecule has 0 aliphatic heterocycles. The molecule has 0 aliphatic carbocycles. The van der Waals surface area contributed by atoms with E-state index >= 15 is 0 Å². The number of allylic oxidation sites excluding steroid dienone is 4. The number of nitrogens with one attached hydrogen (secondary N) is 1. The lowest BCUT2D eigenvalue weighted by Crippen LogP contribution is -2.06. The van der Waals surface area contributed by atoms with Gasteiger partial charge in [-0.2, -0.15) is 5.10 Å². The van der Waals surface area contributed by atoms with Crippen molar-refractivity contribution in [2.45, 2.75) is 47.5 Å². The third-order valence-corrected chi connectivity index (χ3v) is 4.18. The SMILES string of the molecule is C/C(=C\C=N/Nc1ccc([N+](=O)[O-])cc1[N+](=O)[O-])CC/C=C(\C)C(C)(C)C. The Morgan fingerprint density at radius 1 is 1.19 bits per heavy atom. The molecular weight excluding hydrogens is 348 g/mol. The van der Waals surface area contributed by atoms with Gasteiger partial charge in [0, 0.05) is 12.3 Å². The molecule has 1 N–H and O–H groups in total. The number of hydrogen-bond acceptors (Lipinski definition) is 6. The van der Waals surface area contributed by atoms with Gasteiger partial charge in [0.15, 0.2) is 0 Å². The van der Waals surface area contributed by atoms with Gasteiger partial charge in [0.2, 0.25) is 0 Å². The van der Waals surface area contributed by atoms with Crippen LogP contribution < -0.4 is 5.43 Å². The number of non-ortho nitro benzene ring substituents is 1. The molecule has 1 rings (SSSR count). The Balaban J connectivity index is 2.70.